The summed E-state index contributed by atoms with van der Waals surface area (Å²) in [5, 5.41) is 10.3. The number of carboxylic acids is 1. The smallest absolute Gasteiger partial charge is 0.339 e. The highest BCUT2D eigenvalue weighted by molar-refractivity contribution is 6.26. The summed E-state index contributed by atoms with van der Waals surface area (Å²) in [5.41, 5.74) is 1.45. The Morgan fingerprint density at radius 2 is 1.65 bits per heavy atom. The molecule has 0 aliphatic carbocycles. The van der Waals surface area contributed by atoms with Crippen molar-refractivity contribution in [1.82, 2.24) is 4.98 Å². The van der Waals surface area contributed by atoms with Gasteiger partial charge < -0.3 is 5.11 Å². The highest BCUT2D eigenvalue weighted by atomic mass is 16.4. The van der Waals surface area contributed by atoms with Gasteiger partial charge in [0.1, 0.15) is 5.57 Å². The SMILES string of the molecule is O=C(O)C(=Cc1cnc2ccccc2c1)C(=O)c1ccccc1. The number of para-hydroxylation sites is 1. The van der Waals surface area contributed by atoms with Gasteiger partial charge in [0.2, 0.25) is 0 Å². The Morgan fingerprint density at radius 3 is 2.39 bits per heavy atom. The summed E-state index contributed by atoms with van der Waals surface area (Å²) < 4.78 is 0. The van der Waals surface area contributed by atoms with Gasteiger partial charge in [-0.1, -0.05) is 48.5 Å². The Hall–Kier alpha value is -3.27. The maximum Gasteiger partial charge on any atom is 0.339 e. The van der Waals surface area contributed by atoms with E-state index < -0.39 is 11.8 Å². The van der Waals surface area contributed by atoms with Gasteiger partial charge in [-0.2, -0.15) is 0 Å². The molecule has 112 valence electrons. The summed E-state index contributed by atoms with van der Waals surface area (Å²) in [6.45, 7) is 0. The first kappa shape index (κ1) is 14.7. The quantitative estimate of drug-likeness (QED) is 0.346. The Bertz CT molecular complexity index is 914. The number of carbonyl (C=O) groups is 2. The minimum Gasteiger partial charge on any atom is -0.478 e. The van der Waals surface area contributed by atoms with Gasteiger partial charge in [-0.15, -0.1) is 0 Å². The number of hydrogen-bond acceptors (Lipinski definition) is 3. The first-order valence-corrected chi connectivity index (χ1v) is 7.05. The third-order valence-corrected chi connectivity index (χ3v) is 3.43. The molecule has 0 spiro atoms. The zero-order valence-corrected chi connectivity index (χ0v) is 12.1. The van der Waals surface area contributed by atoms with Crippen LogP contribution in [0.4, 0.5) is 0 Å². The lowest BCUT2D eigenvalue weighted by molar-refractivity contribution is -0.132. The zero-order chi connectivity index (χ0) is 16.2. The van der Waals surface area contributed by atoms with Gasteiger partial charge in [0, 0.05) is 17.1 Å². The number of aliphatic carboxylic acids is 1. The fourth-order valence-corrected chi connectivity index (χ4v) is 2.30. The van der Waals surface area contributed by atoms with Crippen LogP contribution in [0.15, 0.2) is 72.4 Å². The Kier molecular flexibility index (Phi) is 3.97. The Morgan fingerprint density at radius 1 is 0.957 bits per heavy atom. The van der Waals surface area contributed by atoms with Crippen molar-refractivity contribution in [2.75, 3.05) is 0 Å². The molecule has 2 aromatic carbocycles. The normalized spacial score (nSPS) is 11.4. The second-order valence-corrected chi connectivity index (χ2v) is 5.02. The van der Waals surface area contributed by atoms with Crippen molar-refractivity contribution in [3.8, 4) is 0 Å². The molecule has 4 nitrogen and oxygen atoms in total. The van der Waals surface area contributed by atoms with Crippen LogP contribution in [0.25, 0.3) is 17.0 Å². The molecule has 1 heterocycles. The fourth-order valence-electron chi connectivity index (χ4n) is 2.30. The molecular weight excluding hydrogens is 290 g/mol. The van der Waals surface area contributed by atoms with Crippen LogP contribution < -0.4 is 0 Å². The standard InChI is InChI=1S/C19H13NO3/c21-18(14-6-2-1-3-7-14)16(19(22)23)11-13-10-15-8-4-5-9-17(15)20-12-13/h1-12H,(H,22,23). The van der Waals surface area contributed by atoms with Gasteiger partial charge >= 0.3 is 5.97 Å². The molecule has 0 radical (unpaired) electrons. The summed E-state index contributed by atoms with van der Waals surface area (Å²) in [7, 11) is 0. The largest absolute Gasteiger partial charge is 0.478 e. The van der Waals surface area contributed by atoms with Crippen molar-refractivity contribution in [3.63, 3.8) is 0 Å². The molecule has 0 aliphatic heterocycles. The number of Topliss-reactive ketones (excluding diaryl/α,β-unsaturated/α-hetero) is 1. The maximum absolute atomic E-state index is 12.4. The van der Waals surface area contributed by atoms with E-state index in [1.54, 1.807) is 36.5 Å². The summed E-state index contributed by atoms with van der Waals surface area (Å²) >= 11 is 0. The topological polar surface area (TPSA) is 67.3 Å². The van der Waals surface area contributed by atoms with E-state index in [1.807, 2.05) is 30.3 Å². The molecule has 0 fully saturated rings. The third-order valence-electron chi connectivity index (χ3n) is 3.43. The van der Waals surface area contributed by atoms with Crippen molar-refractivity contribution >= 4 is 28.7 Å². The minimum atomic E-state index is -1.26. The predicted octanol–water partition coefficient (Wildman–Crippen LogP) is 3.59. The fraction of sp³-hybridized carbons (Fsp3) is 0. The summed E-state index contributed by atoms with van der Waals surface area (Å²) in [6.07, 6.45) is 2.92. The van der Waals surface area contributed by atoms with Crippen molar-refractivity contribution in [3.05, 3.63) is 83.6 Å². The number of nitrogens with zero attached hydrogens (tertiary/aromatic N) is 1. The first-order valence-electron chi connectivity index (χ1n) is 7.05. The van der Waals surface area contributed by atoms with Gasteiger partial charge in [0.15, 0.2) is 5.78 Å². The molecule has 0 bridgehead atoms. The number of benzene rings is 2. The van der Waals surface area contributed by atoms with Crippen LogP contribution in [0, 0.1) is 0 Å². The highest BCUT2D eigenvalue weighted by Crippen LogP contribution is 2.17. The minimum absolute atomic E-state index is 0.284. The average molecular weight is 303 g/mol. The van der Waals surface area contributed by atoms with Crippen LogP contribution in [-0.4, -0.2) is 21.8 Å². The number of carbonyl (C=O) groups excluding carboxylic acids is 1. The Balaban J connectivity index is 2.04. The molecule has 0 saturated carbocycles. The van der Waals surface area contributed by atoms with Crippen LogP contribution in [0.1, 0.15) is 15.9 Å². The molecule has 23 heavy (non-hydrogen) atoms. The molecule has 1 N–H and O–H groups in total. The van der Waals surface area contributed by atoms with Crippen molar-refractivity contribution in [2.45, 2.75) is 0 Å². The van der Waals surface area contributed by atoms with E-state index in [-0.39, 0.29) is 5.57 Å². The number of rotatable bonds is 4. The lowest BCUT2D eigenvalue weighted by Crippen LogP contribution is -2.12. The van der Waals surface area contributed by atoms with E-state index in [4.69, 9.17) is 0 Å². The number of aromatic nitrogens is 1. The number of pyridine rings is 1. The molecule has 3 aromatic rings. The number of ketones is 1. The molecule has 0 saturated heterocycles. The van der Waals surface area contributed by atoms with Crippen LogP contribution in [-0.2, 0) is 4.79 Å². The second-order valence-electron chi connectivity index (χ2n) is 5.02. The molecule has 0 unspecified atom stereocenters. The lowest BCUT2D eigenvalue weighted by atomic mass is 10.0. The van der Waals surface area contributed by atoms with E-state index in [2.05, 4.69) is 4.98 Å². The summed E-state index contributed by atoms with van der Waals surface area (Å²) in [6, 6.07) is 17.7. The zero-order valence-electron chi connectivity index (χ0n) is 12.1. The summed E-state index contributed by atoms with van der Waals surface area (Å²) in [5.74, 6) is -1.78. The third kappa shape index (κ3) is 3.16. The van der Waals surface area contributed by atoms with Crippen LogP contribution in [0.2, 0.25) is 0 Å². The molecule has 0 aliphatic rings. The Labute approximate surface area is 132 Å². The molecular formula is C19H13NO3. The van der Waals surface area contributed by atoms with Crippen LogP contribution in [0.5, 0.6) is 0 Å². The van der Waals surface area contributed by atoms with E-state index in [0.29, 0.717) is 11.1 Å². The predicted molar refractivity (Wildman–Crippen MR) is 88.1 cm³/mol. The van der Waals surface area contributed by atoms with Gasteiger partial charge in [-0.25, -0.2) is 4.79 Å². The molecule has 3 rings (SSSR count). The number of carboxylic acid groups (broad SMARTS) is 1. The highest BCUT2D eigenvalue weighted by Gasteiger charge is 2.19. The monoisotopic (exact) mass is 303 g/mol. The number of hydrogen-bond donors (Lipinski definition) is 1. The molecule has 0 amide bonds. The van der Waals surface area contributed by atoms with Crippen LogP contribution in [0.3, 0.4) is 0 Å². The van der Waals surface area contributed by atoms with E-state index in [0.717, 1.165) is 10.9 Å². The van der Waals surface area contributed by atoms with Gasteiger partial charge in [-0.05, 0) is 23.8 Å². The van der Waals surface area contributed by atoms with E-state index in [1.165, 1.54) is 6.08 Å². The van der Waals surface area contributed by atoms with E-state index >= 15 is 0 Å². The van der Waals surface area contributed by atoms with Gasteiger partial charge in [0.05, 0.1) is 5.52 Å². The first-order chi connectivity index (χ1) is 11.1. The lowest BCUT2D eigenvalue weighted by Gasteiger charge is -2.03. The van der Waals surface area contributed by atoms with Gasteiger partial charge in [0.25, 0.3) is 0 Å². The molecule has 4 heteroatoms. The maximum atomic E-state index is 12.4. The number of fused-ring (bicyclic) bond motifs is 1. The van der Waals surface area contributed by atoms with Gasteiger partial charge in [-0.3, -0.25) is 9.78 Å². The van der Waals surface area contributed by atoms with Crippen molar-refractivity contribution in [1.29, 1.82) is 0 Å². The van der Waals surface area contributed by atoms with Crippen molar-refractivity contribution in [2.24, 2.45) is 0 Å². The van der Waals surface area contributed by atoms with E-state index in [9.17, 15) is 14.7 Å². The molecule has 1 aromatic heterocycles. The van der Waals surface area contributed by atoms with Crippen molar-refractivity contribution < 1.29 is 14.7 Å². The average Bonchev–Trinajstić information content (AvgIpc) is 2.59. The molecule has 0 atom stereocenters. The summed E-state index contributed by atoms with van der Waals surface area (Å²) in [4.78, 5) is 28.1. The van der Waals surface area contributed by atoms with Crippen LogP contribution >= 0.6 is 0 Å². The second kappa shape index (κ2) is 6.23.